The number of aromatic hydroxyl groups is 1. The average molecular weight is 497 g/mol. The number of phenolic OH excluding ortho intramolecular Hbond substituents is 1. The van der Waals surface area contributed by atoms with Crippen LogP contribution in [0.1, 0.15) is 25.3 Å². The molecular weight excluding hydrogens is 464 g/mol. The predicted molar refractivity (Wildman–Crippen MR) is 121 cm³/mol. The second-order valence-corrected chi connectivity index (χ2v) is 9.53. The Morgan fingerprint density at radius 1 is 1.16 bits per heavy atom. The standard InChI is InChI=1S/C22H33BrN4O4/c1-16(13-17-3-4-20(28)19(23)14-17)22(30)27-7-5-18(6-8-27)26-11-9-25(10-12-26)15-21(29)24(2)31/h3-4,14,16,18,28,31H,5-13,15H2,1-2H3/t16-/m1/s1. The van der Waals surface area contributed by atoms with E-state index in [4.69, 9.17) is 0 Å². The summed E-state index contributed by atoms with van der Waals surface area (Å²) in [7, 11) is 1.36. The van der Waals surface area contributed by atoms with Crippen LogP contribution in [0.15, 0.2) is 22.7 Å². The van der Waals surface area contributed by atoms with Crippen LogP contribution in [-0.4, -0.2) is 101 Å². The van der Waals surface area contributed by atoms with E-state index in [1.165, 1.54) is 7.05 Å². The highest BCUT2D eigenvalue weighted by Crippen LogP contribution is 2.26. The molecule has 1 aromatic rings. The first kappa shape index (κ1) is 24.0. The van der Waals surface area contributed by atoms with Crippen molar-refractivity contribution in [2.75, 3.05) is 52.9 Å². The second kappa shape index (κ2) is 10.8. The van der Waals surface area contributed by atoms with Crippen molar-refractivity contribution in [3.63, 3.8) is 0 Å². The van der Waals surface area contributed by atoms with Crippen LogP contribution in [0.5, 0.6) is 5.75 Å². The Labute approximate surface area is 192 Å². The Morgan fingerprint density at radius 3 is 2.39 bits per heavy atom. The molecule has 2 aliphatic rings. The van der Waals surface area contributed by atoms with Gasteiger partial charge in [0.05, 0.1) is 11.0 Å². The minimum absolute atomic E-state index is 0.0984. The summed E-state index contributed by atoms with van der Waals surface area (Å²) < 4.78 is 0.651. The molecule has 8 nitrogen and oxygen atoms in total. The first-order valence-corrected chi connectivity index (χ1v) is 11.7. The van der Waals surface area contributed by atoms with Crippen molar-refractivity contribution < 1.29 is 19.9 Å². The molecule has 2 heterocycles. The number of amides is 2. The van der Waals surface area contributed by atoms with Gasteiger partial charge in [-0.05, 0) is 52.9 Å². The van der Waals surface area contributed by atoms with Gasteiger partial charge in [0.25, 0.3) is 5.91 Å². The third-order valence-corrected chi connectivity index (χ3v) is 7.03. The normalized spacial score (nSPS) is 19.9. The van der Waals surface area contributed by atoms with Crippen LogP contribution in [0.2, 0.25) is 0 Å². The van der Waals surface area contributed by atoms with Crippen molar-refractivity contribution >= 4 is 27.7 Å². The van der Waals surface area contributed by atoms with Gasteiger partial charge < -0.3 is 10.0 Å². The molecule has 0 aliphatic carbocycles. The van der Waals surface area contributed by atoms with Crippen LogP contribution in [0, 0.1) is 5.92 Å². The highest BCUT2D eigenvalue weighted by atomic mass is 79.9. The van der Waals surface area contributed by atoms with E-state index < -0.39 is 0 Å². The molecule has 2 N–H and O–H groups in total. The van der Waals surface area contributed by atoms with Crippen molar-refractivity contribution in [3.05, 3.63) is 28.2 Å². The van der Waals surface area contributed by atoms with Gasteiger partial charge >= 0.3 is 0 Å². The molecule has 2 saturated heterocycles. The van der Waals surface area contributed by atoms with Gasteiger partial charge in [-0.2, -0.15) is 0 Å². The van der Waals surface area contributed by atoms with Crippen molar-refractivity contribution in [3.8, 4) is 5.75 Å². The van der Waals surface area contributed by atoms with Crippen LogP contribution in [0.25, 0.3) is 0 Å². The Bertz CT molecular complexity index is 775. The summed E-state index contributed by atoms with van der Waals surface area (Å²) in [6.07, 6.45) is 2.60. The molecule has 1 aromatic carbocycles. The van der Waals surface area contributed by atoms with Gasteiger partial charge in [-0.25, -0.2) is 5.06 Å². The Hall–Kier alpha value is -1.68. The van der Waals surface area contributed by atoms with E-state index in [0.717, 1.165) is 57.7 Å². The zero-order valence-electron chi connectivity index (χ0n) is 18.3. The molecule has 9 heteroatoms. The number of hydroxylamine groups is 2. The molecule has 0 radical (unpaired) electrons. The maximum atomic E-state index is 12.9. The quantitative estimate of drug-likeness (QED) is 0.461. The Balaban J connectivity index is 1.42. The van der Waals surface area contributed by atoms with Gasteiger partial charge in [-0.3, -0.25) is 24.6 Å². The van der Waals surface area contributed by atoms with Gasteiger partial charge in [0.1, 0.15) is 5.75 Å². The molecule has 0 aromatic heterocycles. The van der Waals surface area contributed by atoms with Gasteiger partial charge in [0, 0.05) is 58.3 Å². The number of piperidine rings is 1. The molecule has 31 heavy (non-hydrogen) atoms. The highest BCUT2D eigenvalue weighted by molar-refractivity contribution is 9.10. The van der Waals surface area contributed by atoms with E-state index in [9.17, 15) is 19.9 Å². The number of hydrogen-bond acceptors (Lipinski definition) is 6. The van der Waals surface area contributed by atoms with Gasteiger partial charge in [-0.1, -0.05) is 13.0 Å². The monoisotopic (exact) mass is 496 g/mol. The molecule has 2 aliphatic heterocycles. The number of likely N-dealkylation sites (tertiary alicyclic amines) is 1. The van der Waals surface area contributed by atoms with Crippen molar-refractivity contribution in [2.24, 2.45) is 5.92 Å². The van der Waals surface area contributed by atoms with Gasteiger partial charge in [0.15, 0.2) is 0 Å². The number of benzene rings is 1. The fourth-order valence-corrected chi connectivity index (χ4v) is 4.89. The number of rotatable bonds is 6. The second-order valence-electron chi connectivity index (χ2n) is 8.68. The highest BCUT2D eigenvalue weighted by Gasteiger charge is 2.31. The van der Waals surface area contributed by atoms with E-state index in [-0.39, 0.29) is 30.0 Å². The summed E-state index contributed by atoms with van der Waals surface area (Å²) in [5, 5.41) is 19.5. The maximum Gasteiger partial charge on any atom is 0.259 e. The minimum atomic E-state index is -0.283. The summed E-state index contributed by atoms with van der Waals surface area (Å²) in [6.45, 7) is 7.24. The third kappa shape index (κ3) is 6.41. The SMILES string of the molecule is C[C@H](Cc1ccc(O)c(Br)c1)C(=O)N1CCC(N2CCN(CC(=O)N(C)O)CC2)CC1. The van der Waals surface area contributed by atoms with E-state index in [1.807, 2.05) is 24.0 Å². The number of phenols is 1. The zero-order valence-corrected chi connectivity index (χ0v) is 19.9. The predicted octanol–water partition coefficient (Wildman–Crippen LogP) is 1.79. The lowest BCUT2D eigenvalue weighted by molar-refractivity contribution is -0.161. The molecule has 2 fully saturated rings. The van der Waals surface area contributed by atoms with Crippen LogP contribution < -0.4 is 0 Å². The summed E-state index contributed by atoms with van der Waals surface area (Å²) in [4.78, 5) is 31.1. The number of hydrogen-bond donors (Lipinski definition) is 2. The molecule has 1 atom stereocenters. The maximum absolute atomic E-state index is 12.9. The molecule has 0 bridgehead atoms. The van der Waals surface area contributed by atoms with E-state index in [1.54, 1.807) is 6.07 Å². The Kier molecular flexibility index (Phi) is 8.32. The minimum Gasteiger partial charge on any atom is -0.507 e. The van der Waals surface area contributed by atoms with Crippen LogP contribution in [-0.2, 0) is 16.0 Å². The van der Waals surface area contributed by atoms with Crippen LogP contribution in [0.4, 0.5) is 0 Å². The molecule has 3 rings (SSSR count). The summed E-state index contributed by atoms with van der Waals surface area (Å²) in [5.74, 6) is 0.0184. The Morgan fingerprint density at radius 2 is 1.81 bits per heavy atom. The number of piperazine rings is 1. The van der Waals surface area contributed by atoms with Crippen molar-refractivity contribution in [1.82, 2.24) is 19.8 Å². The van der Waals surface area contributed by atoms with E-state index in [2.05, 4.69) is 25.7 Å². The summed E-state index contributed by atoms with van der Waals surface area (Å²) in [6, 6.07) is 5.87. The third-order valence-electron chi connectivity index (χ3n) is 6.39. The van der Waals surface area contributed by atoms with Gasteiger partial charge in [-0.15, -0.1) is 0 Å². The van der Waals surface area contributed by atoms with Gasteiger partial charge in [0.2, 0.25) is 5.91 Å². The lowest BCUT2D eigenvalue weighted by Gasteiger charge is -2.43. The molecule has 0 saturated carbocycles. The molecule has 0 unspecified atom stereocenters. The largest absolute Gasteiger partial charge is 0.507 e. The number of likely N-dealkylation sites (N-methyl/N-ethyl adjacent to an activating group) is 1. The fraction of sp³-hybridized carbons (Fsp3) is 0.636. The number of carbonyl (C=O) groups is 2. The van der Waals surface area contributed by atoms with Crippen molar-refractivity contribution in [2.45, 2.75) is 32.2 Å². The smallest absolute Gasteiger partial charge is 0.259 e. The average Bonchev–Trinajstić information content (AvgIpc) is 2.76. The van der Waals surface area contributed by atoms with E-state index in [0.29, 0.717) is 22.0 Å². The molecule has 0 spiro atoms. The van der Waals surface area contributed by atoms with Crippen molar-refractivity contribution in [1.29, 1.82) is 0 Å². The fourth-order valence-electron chi connectivity index (χ4n) is 4.46. The molecule has 172 valence electrons. The first-order valence-electron chi connectivity index (χ1n) is 10.9. The number of nitrogens with zero attached hydrogens (tertiary/aromatic N) is 4. The summed E-state index contributed by atoms with van der Waals surface area (Å²) >= 11 is 3.33. The van der Waals surface area contributed by atoms with E-state index >= 15 is 0 Å². The number of carbonyl (C=O) groups excluding carboxylic acids is 2. The van der Waals surface area contributed by atoms with Crippen LogP contribution in [0.3, 0.4) is 0 Å². The first-order chi connectivity index (χ1) is 14.7. The zero-order chi connectivity index (χ0) is 22.5. The molecule has 2 amide bonds. The van der Waals surface area contributed by atoms with Crippen LogP contribution >= 0.6 is 15.9 Å². The number of halogens is 1. The lowest BCUT2D eigenvalue weighted by Crippen LogP contribution is -2.55. The topological polar surface area (TPSA) is 87.6 Å². The lowest BCUT2D eigenvalue weighted by atomic mass is 9.97. The molecular formula is C22H33BrN4O4. The summed E-state index contributed by atoms with van der Waals surface area (Å²) in [5.41, 5.74) is 1.03.